The lowest BCUT2D eigenvalue weighted by molar-refractivity contribution is 0.0891. The van der Waals surface area contributed by atoms with Crippen LogP contribution >= 0.6 is 0 Å². The van der Waals surface area contributed by atoms with Crippen LogP contribution in [0.15, 0.2) is 18.2 Å². The Morgan fingerprint density at radius 2 is 1.90 bits per heavy atom. The summed E-state index contributed by atoms with van der Waals surface area (Å²) < 4.78 is 2.44. The number of nitrogens with one attached hydrogen (secondary N) is 1. The van der Waals surface area contributed by atoms with Gasteiger partial charge in [-0.3, -0.25) is 4.79 Å². The topological polar surface area (TPSA) is 67.2 Å². The average molecular weight is 414 g/mol. The number of nitrogens with zero attached hydrogens (tertiary/aromatic N) is 2. The van der Waals surface area contributed by atoms with Gasteiger partial charge in [0, 0.05) is 18.0 Å². The molecule has 1 aliphatic rings. The van der Waals surface area contributed by atoms with E-state index in [2.05, 4.69) is 43.6 Å². The van der Waals surface area contributed by atoms with Gasteiger partial charge in [0.25, 0.3) is 5.91 Å². The van der Waals surface area contributed by atoms with Crippen molar-refractivity contribution in [3.05, 3.63) is 29.6 Å². The lowest BCUT2D eigenvalue weighted by Gasteiger charge is -2.22. The first kappa shape index (κ1) is 22.8. The van der Waals surface area contributed by atoms with Crippen molar-refractivity contribution in [3.63, 3.8) is 0 Å². The van der Waals surface area contributed by atoms with Crippen molar-refractivity contribution in [2.24, 2.45) is 11.8 Å². The molecule has 2 aromatic rings. The molecule has 1 heterocycles. The number of fused-ring (bicyclic) bond motifs is 1. The van der Waals surface area contributed by atoms with Crippen LogP contribution in [-0.4, -0.2) is 33.2 Å². The summed E-state index contributed by atoms with van der Waals surface area (Å²) in [6.45, 7) is 8.56. The van der Waals surface area contributed by atoms with Crippen LogP contribution in [-0.2, 0) is 6.42 Å². The molecule has 5 nitrogen and oxygen atoms in total. The molecule has 1 aliphatic carbocycles. The monoisotopic (exact) mass is 413 g/mol. The van der Waals surface area contributed by atoms with Crippen LogP contribution in [0.2, 0.25) is 0 Å². The maximum atomic E-state index is 12.8. The number of aliphatic hydroxyl groups is 1. The molecular formula is C25H39N3O2. The van der Waals surface area contributed by atoms with E-state index in [9.17, 15) is 9.90 Å². The second-order valence-electron chi connectivity index (χ2n) is 9.07. The Kier molecular flexibility index (Phi) is 7.93. The molecule has 1 unspecified atom stereocenters. The molecule has 30 heavy (non-hydrogen) atoms. The van der Waals surface area contributed by atoms with Gasteiger partial charge in [0.2, 0.25) is 0 Å². The van der Waals surface area contributed by atoms with Gasteiger partial charge in [-0.15, -0.1) is 0 Å². The van der Waals surface area contributed by atoms with E-state index in [1.807, 2.05) is 12.1 Å². The van der Waals surface area contributed by atoms with Crippen LogP contribution in [0.5, 0.6) is 0 Å². The third-order valence-corrected chi connectivity index (χ3v) is 7.12. The largest absolute Gasteiger partial charge is 0.394 e. The quantitative estimate of drug-likeness (QED) is 0.558. The number of amides is 1. The number of carbonyl (C=O) groups excluding carboxylic acids is 1. The molecule has 1 aromatic carbocycles. The minimum Gasteiger partial charge on any atom is -0.394 e. The molecule has 1 saturated carbocycles. The predicted molar refractivity (Wildman–Crippen MR) is 123 cm³/mol. The summed E-state index contributed by atoms with van der Waals surface area (Å²) in [6, 6.07) is 6.11. The van der Waals surface area contributed by atoms with Crippen molar-refractivity contribution < 1.29 is 9.90 Å². The zero-order valence-electron chi connectivity index (χ0n) is 19.2. The Morgan fingerprint density at radius 3 is 2.50 bits per heavy atom. The van der Waals surface area contributed by atoms with Gasteiger partial charge >= 0.3 is 0 Å². The van der Waals surface area contributed by atoms with Crippen molar-refractivity contribution in [3.8, 4) is 0 Å². The highest BCUT2D eigenvalue weighted by atomic mass is 16.3. The minimum atomic E-state index is -0.224. The van der Waals surface area contributed by atoms with E-state index in [0.717, 1.165) is 42.6 Å². The predicted octanol–water partition coefficient (Wildman–Crippen LogP) is 5.27. The fourth-order valence-electron chi connectivity index (χ4n) is 4.87. The summed E-state index contributed by atoms with van der Waals surface area (Å²) in [4.78, 5) is 17.9. The number of aliphatic hydroxyl groups excluding tert-OH is 1. The van der Waals surface area contributed by atoms with Crippen LogP contribution in [0.3, 0.4) is 0 Å². The lowest BCUT2D eigenvalue weighted by Crippen LogP contribution is -2.41. The van der Waals surface area contributed by atoms with Gasteiger partial charge in [0.05, 0.1) is 23.7 Å². The molecule has 2 atom stereocenters. The van der Waals surface area contributed by atoms with Crippen molar-refractivity contribution >= 4 is 16.9 Å². The fourth-order valence-corrected chi connectivity index (χ4v) is 4.87. The van der Waals surface area contributed by atoms with Crippen LogP contribution in [0, 0.1) is 11.8 Å². The van der Waals surface area contributed by atoms with E-state index in [4.69, 9.17) is 4.98 Å². The second-order valence-corrected chi connectivity index (χ2v) is 9.07. The first-order valence-electron chi connectivity index (χ1n) is 11.9. The summed E-state index contributed by atoms with van der Waals surface area (Å²) in [5, 5.41) is 12.7. The Labute approximate surface area is 181 Å². The Balaban J connectivity index is 1.92. The van der Waals surface area contributed by atoms with E-state index >= 15 is 0 Å². The van der Waals surface area contributed by atoms with Crippen LogP contribution < -0.4 is 5.32 Å². The number of hydrogen-bond donors (Lipinski definition) is 2. The van der Waals surface area contributed by atoms with Gasteiger partial charge < -0.3 is 15.0 Å². The average Bonchev–Trinajstić information content (AvgIpc) is 3.40. The van der Waals surface area contributed by atoms with E-state index in [1.165, 1.54) is 31.5 Å². The number of rotatable bonds is 10. The summed E-state index contributed by atoms with van der Waals surface area (Å²) >= 11 is 0. The van der Waals surface area contributed by atoms with E-state index in [-0.39, 0.29) is 24.5 Å². The van der Waals surface area contributed by atoms with Gasteiger partial charge in [0.15, 0.2) is 0 Å². The number of carbonyl (C=O) groups is 1. The lowest BCUT2D eigenvalue weighted by atomic mass is 9.99. The standard InChI is InChI=1S/C25H39N3O2/c1-5-17(4)22(16-29)27-25(30)19-12-13-23-21(15-19)26-24(14-18-10-8-9-11-18)28(23)20(6-2)7-3/h12-13,15,17-18,20,22,29H,5-11,14,16H2,1-4H3,(H,27,30)/t17?,22-/m1/s1. The highest BCUT2D eigenvalue weighted by Gasteiger charge is 2.23. The third kappa shape index (κ3) is 4.88. The van der Waals surface area contributed by atoms with E-state index in [0.29, 0.717) is 11.6 Å². The molecule has 1 amide bonds. The first-order valence-corrected chi connectivity index (χ1v) is 11.9. The van der Waals surface area contributed by atoms with Crippen LogP contribution in [0.25, 0.3) is 11.0 Å². The van der Waals surface area contributed by atoms with E-state index in [1.54, 1.807) is 0 Å². The summed E-state index contributed by atoms with van der Waals surface area (Å²) in [5.41, 5.74) is 2.66. The molecule has 1 fully saturated rings. The van der Waals surface area contributed by atoms with Crippen molar-refractivity contribution in [2.75, 3.05) is 6.61 Å². The smallest absolute Gasteiger partial charge is 0.251 e. The minimum absolute atomic E-state index is 0.0438. The van der Waals surface area contributed by atoms with Crippen molar-refractivity contribution in [1.82, 2.24) is 14.9 Å². The number of imidazole rings is 1. The van der Waals surface area contributed by atoms with E-state index < -0.39 is 0 Å². The first-order chi connectivity index (χ1) is 14.5. The Bertz CT molecular complexity index is 834. The molecule has 0 saturated heterocycles. The number of aromatic nitrogens is 2. The van der Waals surface area contributed by atoms with Gasteiger partial charge in [0.1, 0.15) is 5.82 Å². The number of hydrogen-bond acceptors (Lipinski definition) is 3. The zero-order chi connectivity index (χ0) is 21.7. The number of benzene rings is 1. The summed E-state index contributed by atoms with van der Waals surface area (Å²) in [6.07, 6.45) is 9.38. The van der Waals surface area contributed by atoms with Crippen molar-refractivity contribution in [2.45, 2.75) is 91.1 Å². The Hall–Kier alpha value is -1.88. The van der Waals surface area contributed by atoms with Crippen LogP contribution in [0.1, 0.15) is 94.9 Å². The second kappa shape index (κ2) is 10.4. The molecule has 0 bridgehead atoms. The zero-order valence-corrected chi connectivity index (χ0v) is 19.2. The summed E-state index contributed by atoms with van der Waals surface area (Å²) in [7, 11) is 0. The van der Waals surface area contributed by atoms with Crippen LogP contribution in [0.4, 0.5) is 0 Å². The highest BCUT2D eigenvalue weighted by Crippen LogP contribution is 2.32. The molecule has 1 aromatic heterocycles. The van der Waals surface area contributed by atoms with Crippen molar-refractivity contribution in [1.29, 1.82) is 0 Å². The summed E-state index contributed by atoms with van der Waals surface area (Å²) in [5.74, 6) is 2.01. The molecular weight excluding hydrogens is 374 g/mol. The van der Waals surface area contributed by atoms with Gasteiger partial charge in [-0.05, 0) is 42.9 Å². The maximum absolute atomic E-state index is 12.8. The molecule has 3 rings (SSSR count). The molecule has 2 N–H and O–H groups in total. The molecule has 0 aliphatic heterocycles. The highest BCUT2D eigenvalue weighted by molar-refractivity contribution is 5.97. The van der Waals surface area contributed by atoms with Gasteiger partial charge in [-0.2, -0.15) is 0 Å². The molecule has 166 valence electrons. The van der Waals surface area contributed by atoms with Gasteiger partial charge in [-0.1, -0.05) is 59.8 Å². The maximum Gasteiger partial charge on any atom is 0.251 e. The fraction of sp³-hybridized carbons (Fsp3) is 0.680. The normalized spacial score (nSPS) is 17.0. The van der Waals surface area contributed by atoms with Gasteiger partial charge in [-0.25, -0.2) is 4.98 Å². The molecule has 5 heteroatoms. The molecule has 0 radical (unpaired) electrons. The Morgan fingerprint density at radius 1 is 1.20 bits per heavy atom. The molecule has 0 spiro atoms. The third-order valence-electron chi connectivity index (χ3n) is 7.12. The SMILES string of the molecule is CCC(C)[C@@H](CO)NC(=O)c1ccc2c(c1)nc(CC1CCCC1)n2C(CC)CC.